The van der Waals surface area contributed by atoms with Crippen LogP contribution in [0.2, 0.25) is 0 Å². The first-order valence-electron chi connectivity index (χ1n) is 7.19. The van der Waals surface area contributed by atoms with E-state index in [9.17, 15) is 9.90 Å². The quantitative estimate of drug-likeness (QED) is 0.521. The molecular weight excluding hydrogens is 374 g/mol. The van der Waals surface area contributed by atoms with Crippen molar-refractivity contribution in [2.45, 2.75) is 6.92 Å². The molecule has 126 valence electrons. The Morgan fingerprint density at radius 2 is 2.12 bits per heavy atom. The summed E-state index contributed by atoms with van der Waals surface area (Å²) < 4.78 is 5.63. The van der Waals surface area contributed by atoms with Gasteiger partial charge < -0.3 is 15.2 Å². The maximum Gasteiger partial charge on any atom is 0.259 e. The fraction of sp³-hybridized carbons (Fsp3) is 0.176. The van der Waals surface area contributed by atoms with E-state index in [2.05, 4.69) is 31.8 Å². The molecule has 0 unspecified atom stereocenters. The number of carbonyl (C=O) groups excluding carboxylic acids is 1. The number of methoxy groups -OCH3 is 1. The van der Waals surface area contributed by atoms with E-state index in [0.29, 0.717) is 15.8 Å². The van der Waals surface area contributed by atoms with Crippen molar-refractivity contribution in [3.8, 4) is 11.5 Å². The number of anilines is 1. The predicted molar refractivity (Wildman–Crippen MR) is 97.8 cm³/mol. The summed E-state index contributed by atoms with van der Waals surface area (Å²) in [5, 5.41) is 16.7. The lowest BCUT2D eigenvalue weighted by Crippen LogP contribution is -2.26. The number of aryl methyl sites for hydroxylation is 1. The highest BCUT2D eigenvalue weighted by Crippen LogP contribution is 2.34. The highest BCUT2D eigenvalue weighted by molar-refractivity contribution is 9.10. The number of rotatable bonds is 6. The van der Waals surface area contributed by atoms with Crippen molar-refractivity contribution in [2.24, 2.45) is 5.10 Å². The number of benzene rings is 2. The number of carbonyl (C=O) groups is 1. The fourth-order valence-electron chi connectivity index (χ4n) is 2.04. The Kier molecular flexibility index (Phi) is 6.20. The van der Waals surface area contributed by atoms with Crippen LogP contribution in [0.25, 0.3) is 0 Å². The Morgan fingerprint density at radius 1 is 1.38 bits per heavy atom. The molecule has 2 aromatic rings. The summed E-state index contributed by atoms with van der Waals surface area (Å²) in [5.74, 6) is 0.0609. The average Bonchev–Trinajstić information content (AvgIpc) is 2.54. The molecule has 6 nitrogen and oxygen atoms in total. The summed E-state index contributed by atoms with van der Waals surface area (Å²) in [4.78, 5) is 11.8. The number of hydrazone groups is 1. The minimum Gasteiger partial charge on any atom is -0.504 e. The molecule has 0 atom stereocenters. The molecule has 7 heteroatoms. The minimum atomic E-state index is -0.272. The van der Waals surface area contributed by atoms with Crippen LogP contribution >= 0.6 is 15.9 Å². The van der Waals surface area contributed by atoms with E-state index < -0.39 is 0 Å². The van der Waals surface area contributed by atoms with Crippen molar-refractivity contribution in [2.75, 3.05) is 19.0 Å². The van der Waals surface area contributed by atoms with E-state index >= 15 is 0 Å². The Morgan fingerprint density at radius 3 is 2.79 bits per heavy atom. The first-order chi connectivity index (χ1) is 11.5. The second-order valence-corrected chi connectivity index (χ2v) is 5.87. The fourth-order valence-corrected chi connectivity index (χ4v) is 2.67. The molecule has 0 aliphatic heterocycles. The largest absolute Gasteiger partial charge is 0.504 e. The highest BCUT2D eigenvalue weighted by atomic mass is 79.9. The van der Waals surface area contributed by atoms with Gasteiger partial charge in [0.15, 0.2) is 11.5 Å². The standard InChI is InChI=1S/C17H18BrN3O3/c1-11-5-3-4-6-14(11)19-10-16(23)21-20-9-12-7-13(18)17(24-2)15(22)8-12/h3-9,19,22H,10H2,1-2H3,(H,21,23)/b20-9+. The van der Waals surface area contributed by atoms with Gasteiger partial charge >= 0.3 is 0 Å². The lowest BCUT2D eigenvalue weighted by atomic mass is 10.2. The molecule has 24 heavy (non-hydrogen) atoms. The maximum atomic E-state index is 11.8. The van der Waals surface area contributed by atoms with Crippen LogP contribution in [-0.4, -0.2) is 30.9 Å². The summed E-state index contributed by atoms with van der Waals surface area (Å²) in [6, 6.07) is 10.9. The van der Waals surface area contributed by atoms with E-state index in [-0.39, 0.29) is 18.2 Å². The van der Waals surface area contributed by atoms with Crippen LogP contribution in [0.1, 0.15) is 11.1 Å². The van der Waals surface area contributed by atoms with Crippen molar-refractivity contribution in [3.63, 3.8) is 0 Å². The second kappa shape index (κ2) is 8.35. The van der Waals surface area contributed by atoms with Crippen molar-refractivity contribution < 1.29 is 14.6 Å². The monoisotopic (exact) mass is 391 g/mol. The van der Waals surface area contributed by atoms with Gasteiger partial charge in [0.05, 0.1) is 24.3 Å². The number of hydrogen-bond donors (Lipinski definition) is 3. The van der Waals surface area contributed by atoms with Crippen molar-refractivity contribution in [1.82, 2.24) is 5.43 Å². The first kappa shape index (κ1) is 17.8. The number of para-hydroxylation sites is 1. The summed E-state index contributed by atoms with van der Waals surface area (Å²) >= 11 is 3.29. The van der Waals surface area contributed by atoms with E-state index in [1.165, 1.54) is 19.4 Å². The summed E-state index contributed by atoms with van der Waals surface area (Å²) in [7, 11) is 1.47. The van der Waals surface area contributed by atoms with Crippen LogP contribution in [0.4, 0.5) is 5.69 Å². The molecule has 0 bridgehead atoms. The van der Waals surface area contributed by atoms with Crippen LogP contribution in [0.3, 0.4) is 0 Å². The molecule has 0 aliphatic rings. The number of nitrogens with one attached hydrogen (secondary N) is 2. The molecule has 2 rings (SSSR count). The van der Waals surface area contributed by atoms with Gasteiger partial charge in [-0.3, -0.25) is 4.79 Å². The van der Waals surface area contributed by atoms with Gasteiger partial charge in [0, 0.05) is 5.69 Å². The van der Waals surface area contributed by atoms with E-state index in [1.807, 2.05) is 31.2 Å². The topological polar surface area (TPSA) is 83.0 Å². The van der Waals surface area contributed by atoms with Crippen LogP contribution in [0.15, 0.2) is 46.0 Å². The number of ether oxygens (including phenoxy) is 1. The molecule has 2 aromatic carbocycles. The number of amides is 1. The highest BCUT2D eigenvalue weighted by Gasteiger charge is 2.08. The third kappa shape index (κ3) is 4.73. The molecule has 0 spiro atoms. The smallest absolute Gasteiger partial charge is 0.259 e. The molecule has 0 fully saturated rings. The van der Waals surface area contributed by atoms with Crippen molar-refractivity contribution in [3.05, 3.63) is 52.0 Å². The molecule has 0 saturated carbocycles. The lowest BCUT2D eigenvalue weighted by molar-refractivity contribution is -0.119. The summed E-state index contributed by atoms with van der Waals surface area (Å²) in [6.07, 6.45) is 1.44. The normalized spacial score (nSPS) is 10.6. The van der Waals surface area contributed by atoms with E-state index in [4.69, 9.17) is 4.74 Å². The van der Waals surface area contributed by atoms with Gasteiger partial charge in [-0.25, -0.2) is 5.43 Å². The molecule has 1 amide bonds. The van der Waals surface area contributed by atoms with Gasteiger partial charge in [0.2, 0.25) is 0 Å². The van der Waals surface area contributed by atoms with Gasteiger partial charge in [0.25, 0.3) is 5.91 Å². The SMILES string of the molecule is COc1c(O)cc(/C=N/NC(=O)CNc2ccccc2C)cc1Br. The predicted octanol–water partition coefficient (Wildman–Crippen LogP) is 3.03. The van der Waals surface area contributed by atoms with Crippen LogP contribution in [0, 0.1) is 6.92 Å². The lowest BCUT2D eigenvalue weighted by Gasteiger charge is -2.08. The van der Waals surface area contributed by atoms with E-state index in [0.717, 1.165) is 11.3 Å². The first-order valence-corrected chi connectivity index (χ1v) is 7.98. The average molecular weight is 392 g/mol. The molecule has 0 radical (unpaired) electrons. The van der Waals surface area contributed by atoms with Crippen molar-refractivity contribution in [1.29, 1.82) is 0 Å². The van der Waals surface area contributed by atoms with Crippen LogP contribution in [-0.2, 0) is 4.79 Å². The van der Waals surface area contributed by atoms with Gasteiger partial charge in [-0.15, -0.1) is 0 Å². The zero-order valence-corrected chi connectivity index (χ0v) is 14.9. The number of phenols is 1. The summed E-state index contributed by atoms with van der Waals surface area (Å²) in [6.45, 7) is 2.08. The zero-order chi connectivity index (χ0) is 17.5. The van der Waals surface area contributed by atoms with Crippen LogP contribution < -0.4 is 15.5 Å². The third-order valence-electron chi connectivity index (χ3n) is 3.24. The number of nitrogens with zero attached hydrogens (tertiary/aromatic N) is 1. The van der Waals surface area contributed by atoms with Gasteiger partial charge in [-0.2, -0.15) is 5.10 Å². The number of aromatic hydroxyl groups is 1. The second-order valence-electron chi connectivity index (χ2n) is 5.02. The third-order valence-corrected chi connectivity index (χ3v) is 3.83. The summed E-state index contributed by atoms with van der Waals surface area (Å²) in [5.41, 5.74) is 5.01. The molecule has 0 aromatic heterocycles. The molecule has 0 saturated heterocycles. The Hall–Kier alpha value is -2.54. The van der Waals surface area contributed by atoms with Crippen LogP contribution in [0.5, 0.6) is 11.5 Å². The van der Waals surface area contributed by atoms with Gasteiger partial charge in [-0.1, -0.05) is 18.2 Å². The molecule has 0 heterocycles. The Bertz CT molecular complexity index is 739. The number of phenolic OH excluding ortho intramolecular Hbond substituents is 1. The number of halogens is 1. The molecular formula is C17H18BrN3O3. The Balaban J connectivity index is 1.90. The Labute approximate surface area is 148 Å². The minimum absolute atomic E-state index is 0.0131. The van der Waals surface area contributed by atoms with Gasteiger partial charge in [-0.05, 0) is 52.2 Å². The van der Waals surface area contributed by atoms with Gasteiger partial charge in [0.1, 0.15) is 0 Å². The molecule has 3 N–H and O–H groups in total. The number of hydrogen-bond acceptors (Lipinski definition) is 5. The zero-order valence-electron chi connectivity index (χ0n) is 13.3. The maximum absolute atomic E-state index is 11.8. The van der Waals surface area contributed by atoms with E-state index in [1.54, 1.807) is 6.07 Å². The molecule has 0 aliphatic carbocycles. The van der Waals surface area contributed by atoms with Crippen molar-refractivity contribution >= 4 is 33.7 Å².